The van der Waals surface area contributed by atoms with E-state index in [2.05, 4.69) is 10.6 Å². The molecule has 33 heavy (non-hydrogen) atoms. The van der Waals surface area contributed by atoms with Gasteiger partial charge in [-0.25, -0.2) is 9.78 Å². The molecule has 2 aliphatic rings. The third-order valence-electron chi connectivity index (χ3n) is 7.22. The fourth-order valence-corrected chi connectivity index (χ4v) is 5.39. The number of hydrogen-bond donors (Lipinski definition) is 0. The summed E-state index contributed by atoms with van der Waals surface area (Å²) in [5, 5.41) is 0. The van der Waals surface area contributed by atoms with Crippen LogP contribution in [0, 0.1) is 5.41 Å². The number of methoxy groups -OCH3 is 2. The Labute approximate surface area is 193 Å². The van der Waals surface area contributed by atoms with Gasteiger partial charge in [0.15, 0.2) is 0 Å². The predicted octanol–water partition coefficient (Wildman–Crippen LogP) is 3.38. The number of fused-ring (bicyclic) bond motifs is 2. The summed E-state index contributed by atoms with van der Waals surface area (Å²) < 4.78 is 12.3. The minimum absolute atomic E-state index is 0.196. The van der Waals surface area contributed by atoms with Crippen molar-refractivity contribution in [1.82, 2.24) is 14.5 Å². The van der Waals surface area contributed by atoms with Crippen LogP contribution >= 0.6 is 0 Å². The third-order valence-corrected chi connectivity index (χ3v) is 7.22. The Kier molecular flexibility index (Phi) is 5.66. The van der Waals surface area contributed by atoms with E-state index in [9.17, 15) is 9.59 Å². The van der Waals surface area contributed by atoms with Crippen molar-refractivity contribution < 1.29 is 19.1 Å². The Bertz CT molecular complexity index is 1220. The molecule has 0 radical (unpaired) electrons. The first-order chi connectivity index (χ1) is 16.0. The maximum absolute atomic E-state index is 13.7. The maximum atomic E-state index is 13.7. The molecule has 7 heteroatoms. The van der Waals surface area contributed by atoms with Crippen molar-refractivity contribution in [2.45, 2.75) is 38.8 Å². The van der Waals surface area contributed by atoms with Crippen LogP contribution < -0.4 is 0 Å². The lowest BCUT2D eigenvalue weighted by atomic mass is 9.70. The van der Waals surface area contributed by atoms with Gasteiger partial charge in [0, 0.05) is 20.2 Å². The predicted molar refractivity (Wildman–Crippen MR) is 124 cm³/mol. The number of carbonyl (C=O) groups is 2. The van der Waals surface area contributed by atoms with Gasteiger partial charge in [-0.15, -0.1) is 0 Å². The summed E-state index contributed by atoms with van der Waals surface area (Å²) in [5.41, 5.74) is 4.46. The summed E-state index contributed by atoms with van der Waals surface area (Å²) in [6, 6.07) is 13.8. The Morgan fingerprint density at radius 1 is 1.12 bits per heavy atom. The first-order valence-corrected chi connectivity index (χ1v) is 11.5. The Morgan fingerprint density at radius 3 is 2.79 bits per heavy atom. The number of carbonyl (C=O) groups excluding carboxylic acids is 2. The van der Waals surface area contributed by atoms with Crippen LogP contribution in [0.5, 0.6) is 0 Å². The van der Waals surface area contributed by atoms with Gasteiger partial charge >= 0.3 is 5.97 Å². The molecule has 1 aliphatic carbocycles. The zero-order valence-corrected chi connectivity index (χ0v) is 19.2. The van der Waals surface area contributed by atoms with E-state index in [1.807, 2.05) is 41.3 Å². The highest BCUT2D eigenvalue weighted by atomic mass is 16.5. The zero-order valence-electron chi connectivity index (χ0n) is 19.2. The fraction of sp³-hybridized carbons (Fsp3) is 0.423. The molecule has 2 aromatic carbocycles. The van der Waals surface area contributed by atoms with Crippen LogP contribution in [0.15, 0.2) is 42.5 Å². The summed E-state index contributed by atoms with van der Waals surface area (Å²) in [7, 11) is 3.08. The van der Waals surface area contributed by atoms with Crippen molar-refractivity contribution in [2.75, 3.05) is 27.4 Å². The van der Waals surface area contributed by atoms with Gasteiger partial charge in [-0.05, 0) is 61.1 Å². The van der Waals surface area contributed by atoms with Gasteiger partial charge in [0.05, 0.1) is 42.3 Å². The molecule has 0 N–H and O–H groups in total. The second kappa shape index (κ2) is 8.63. The summed E-state index contributed by atoms with van der Waals surface area (Å²) in [4.78, 5) is 32.5. The average Bonchev–Trinajstić information content (AvgIpc) is 3.34. The van der Waals surface area contributed by atoms with E-state index in [4.69, 9.17) is 14.5 Å². The minimum Gasteiger partial charge on any atom is -0.465 e. The van der Waals surface area contributed by atoms with Crippen LogP contribution in [0.25, 0.3) is 11.0 Å². The summed E-state index contributed by atoms with van der Waals surface area (Å²) >= 11 is 0. The molecule has 1 atom stereocenters. The van der Waals surface area contributed by atoms with Crippen molar-refractivity contribution >= 4 is 22.9 Å². The monoisotopic (exact) mass is 447 g/mol. The number of aromatic nitrogens is 2. The molecule has 7 nitrogen and oxygen atoms in total. The molecule has 1 fully saturated rings. The fourth-order valence-electron chi connectivity index (χ4n) is 5.39. The first-order valence-electron chi connectivity index (χ1n) is 11.5. The van der Waals surface area contributed by atoms with Crippen molar-refractivity contribution in [3.05, 3.63) is 65.0 Å². The molecule has 0 saturated carbocycles. The number of nitrogens with zero attached hydrogens (tertiary/aromatic N) is 3. The van der Waals surface area contributed by atoms with E-state index in [-0.39, 0.29) is 11.9 Å². The topological polar surface area (TPSA) is 73.7 Å². The van der Waals surface area contributed by atoms with E-state index in [0.717, 1.165) is 48.2 Å². The molecule has 1 amide bonds. The maximum Gasteiger partial charge on any atom is 0.337 e. The van der Waals surface area contributed by atoms with Gasteiger partial charge in [0.2, 0.25) is 5.91 Å². The molecule has 1 aromatic heterocycles. The number of benzene rings is 2. The second-order valence-corrected chi connectivity index (χ2v) is 9.07. The summed E-state index contributed by atoms with van der Waals surface area (Å²) in [6.07, 6.45) is 3.18. The molecule has 2 heterocycles. The smallest absolute Gasteiger partial charge is 0.337 e. The van der Waals surface area contributed by atoms with Gasteiger partial charge < -0.3 is 18.9 Å². The number of hydrogen-bond acceptors (Lipinski definition) is 5. The van der Waals surface area contributed by atoms with Crippen molar-refractivity contribution in [3.63, 3.8) is 0 Å². The molecular weight excluding hydrogens is 418 g/mol. The van der Waals surface area contributed by atoms with Crippen LogP contribution in [-0.4, -0.2) is 53.7 Å². The van der Waals surface area contributed by atoms with E-state index >= 15 is 0 Å². The lowest BCUT2D eigenvalue weighted by molar-refractivity contribution is -0.137. The van der Waals surface area contributed by atoms with Crippen molar-refractivity contribution in [1.29, 1.82) is 0 Å². The Morgan fingerprint density at radius 2 is 1.97 bits per heavy atom. The van der Waals surface area contributed by atoms with E-state index in [1.54, 1.807) is 7.11 Å². The van der Waals surface area contributed by atoms with E-state index in [1.165, 1.54) is 12.7 Å². The quantitative estimate of drug-likeness (QED) is 0.542. The van der Waals surface area contributed by atoms with Crippen LogP contribution in [0.1, 0.15) is 40.2 Å². The zero-order chi connectivity index (χ0) is 23.0. The van der Waals surface area contributed by atoms with E-state index in [0.29, 0.717) is 31.7 Å². The molecule has 1 aliphatic heterocycles. The number of imidazole rings is 1. The second-order valence-electron chi connectivity index (χ2n) is 9.07. The summed E-state index contributed by atoms with van der Waals surface area (Å²) in [6.45, 7) is 2.50. The Hall–Kier alpha value is -3.19. The number of likely N-dealkylation sites (tertiary alicyclic amines) is 1. The minimum atomic E-state index is -0.398. The van der Waals surface area contributed by atoms with Gasteiger partial charge in [0.25, 0.3) is 0 Å². The number of para-hydroxylation sites is 2. The largest absolute Gasteiger partial charge is 0.465 e. The van der Waals surface area contributed by atoms with Crippen molar-refractivity contribution in [3.8, 4) is 0 Å². The lowest BCUT2D eigenvalue weighted by Gasteiger charge is -2.33. The standard InChI is InChI=1S/C26H29N3O4/c1-32-14-13-29-22-6-4-3-5-21(22)27-23(29)17-28-12-11-26(25(28)31)10-9-18-7-8-19(24(30)33-2)15-20(18)16-26/h3-8,15H,9-14,16-17H2,1-2H3/t26-/m0/s1. The normalized spacial score (nSPS) is 19.9. The van der Waals surface area contributed by atoms with Gasteiger partial charge in [-0.2, -0.15) is 0 Å². The van der Waals surface area contributed by atoms with Gasteiger partial charge in [0.1, 0.15) is 5.82 Å². The molecule has 5 rings (SSSR count). The highest BCUT2D eigenvalue weighted by Crippen LogP contribution is 2.44. The lowest BCUT2D eigenvalue weighted by Crippen LogP contribution is -2.39. The van der Waals surface area contributed by atoms with Gasteiger partial charge in [-0.1, -0.05) is 18.2 Å². The van der Waals surface area contributed by atoms with E-state index < -0.39 is 5.41 Å². The van der Waals surface area contributed by atoms with Crippen molar-refractivity contribution in [2.24, 2.45) is 5.41 Å². The average molecular weight is 448 g/mol. The molecule has 172 valence electrons. The highest BCUT2D eigenvalue weighted by Gasteiger charge is 2.48. The van der Waals surface area contributed by atoms with Crippen LogP contribution in [0.2, 0.25) is 0 Å². The van der Waals surface area contributed by atoms with Gasteiger partial charge in [-0.3, -0.25) is 4.79 Å². The number of rotatable bonds is 6. The first kappa shape index (κ1) is 21.6. The molecule has 1 saturated heterocycles. The van der Waals surface area contributed by atoms with Crippen LogP contribution in [0.4, 0.5) is 0 Å². The number of amides is 1. The number of aryl methyl sites for hydroxylation is 1. The number of ether oxygens (including phenoxy) is 2. The van der Waals surface area contributed by atoms with Crippen LogP contribution in [0.3, 0.4) is 0 Å². The molecule has 1 spiro atoms. The SMILES string of the molecule is COCCn1c(CN2CC[C@]3(CCc4ccc(C(=O)OC)cc4C3)C2=O)nc2ccccc21. The van der Waals surface area contributed by atoms with Crippen LogP contribution in [-0.2, 0) is 40.2 Å². The molecule has 0 bridgehead atoms. The number of esters is 1. The Balaban J connectivity index is 1.39. The molecule has 0 unspecified atom stereocenters. The molecule has 3 aromatic rings. The highest BCUT2D eigenvalue weighted by molar-refractivity contribution is 5.90. The third kappa shape index (κ3) is 3.80. The summed E-state index contributed by atoms with van der Waals surface area (Å²) in [5.74, 6) is 0.747. The molecular formula is C26H29N3O4.